The molecule has 134 valence electrons. The maximum Gasteiger partial charge on any atom is 0.255 e. The van der Waals surface area contributed by atoms with E-state index in [-0.39, 0.29) is 17.9 Å². The third-order valence-electron chi connectivity index (χ3n) is 5.52. The van der Waals surface area contributed by atoms with Gasteiger partial charge >= 0.3 is 0 Å². The Labute approximate surface area is 154 Å². The molecule has 0 spiro atoms. The first kappa shape index (κ1) is 16.8. The highest BCUT2D eigenvalue weighted by molar-refractivity contribution is 6.04. The molecule has 2 amide bonds. The molecule has 1 aliphatic carbocycles. The van der Waals surface area contributed by atoms with Gasteiger partial charge in [0.2, 0.25) is 5.91 Å². The first-order chi connectivity index (χ1) is 12.8. The van der Waals surface area contributed by atoms with Crippen LogP contribution >= 0.6 is 0 Å². The Morgan fingerprint density at radius 1 is 0.962 bits per heavy atom. The van der Waals surface area contributed by atoms with E-state index in [9.17, 15) is 9.59 Å². The zero-order valence-corrected chi connectivity index (χ0v) is 14.9. The van der Waals surface area contributed by atoms with E-state index in [0.717, 1.165) is 36.8 Å². The van der Waals surface area contributed by atoms with Gasteiger partial charge in [0.05, 0.1) is 0 Å². The molecule has 2 aromatic rings. The summed E-state index contributed by atoms with van der Waals surface area (Å²) in [4.78, 5) is 28.0. The van der Waals surface area contributed by atoms with Crippen molar-refractivity contribution in [2.45, 2.75) is 50.7 Å². The number of benzene rings is 2. The van der Waals surface area contributed by atoms with Crippen LogP contribution in [-0.2, 0) is 11.3 Å². The lowest BCUT2D eigenvalue weighted by molar-refractivity contribution is -0.126. The van der Waals surface area contributed by atoms with Gasteiger partial charge in [0.25, 0.3) is 5.91 Å². The van der Waals surface area contributed by atoms with Crippen LogP contribution in [-0.4, -0.2) is 22.8 Å². The number of carbonyl (C=O) groups is 2. The van der Waals surface area contributed by atoms with Gasteiger partial charge in [0.15, 0.2) is 0 Å². The van der Waals surface area contributed by atoms with Crippen molar-refractivity contribution in [2.75, 3.05) is 0 Å². The van der Waals surface area contributed by atoms with Gasteiger partial charge < -0.3 is 10.2 Å². The minimum Gasteiger partial charge on any atom is -0.350 e. The van der Waals surface area contributed by atoms with Gasteiger partial charge in [-0.1, -0.05) is 67.8 Å². The van der Waals surface area contributed by atoms with Crippen molar-refractivity contribution < 1.29 is 9.59 Å². The van der Waals surface area contributed by atoms with Gasteiger partial charge in [-0.25, -0.2) is 0 Å². The first-order valence-electron chi connectivity index (χ1n) is 9.49. The first-order valence-corrected chi connectivity index (χ1v) is 9.49. The highest BCUT2D eigenvalue weighted by atomic mass is 16.2. The van der Waals surface area contributed by atoms with Crippen molar-refractivity contribution in [1.82, 2.24) is 10.2 Å². The highest BCUT2D eigenvalue weighted by Crippen LogP contribution is 2.38. The topological polar surface area (TPSA) is 49.4 Å². The van der Waals surface area contributed by atoms with Crippen molar-refractivity contribution >= 4 is 11.8 Å². The number of amides is 2. The summed E-state index contributed by atoms with van der Waals surface area (Å²) in [5.74, 6) is -0.0786. The van der Waals surface area contributed by atoms with Gasteiger partial charge in [0.1, 0.15) is 6.04 Å². The molecule has 0 radical (unpaired) electrons. The second-order valence-electron chi connectivity index (χ2n) is 7.20. The second kappa shape index (κ2) is 7.32. The number of carbonyl (C=O) groups excluding carboxylic acids is 2. The lowest BCUT2D eigenvalue weighted by atomic mass is 9.93. The summed E-state index contributed by atoms with van der Waals surface area (Å²) in [6, 6.07) is 17.1. The van der Waals surface area contributed by atoms with Crippen LogP contribution in [0, 0.1) is 0 Å². The van der Waals surface area contributed by atoms with E-state index >= 15 is 0 Å². The molecule has 0 bridgehead atoms. The molecule has 1 N–H and O–H groups in total. The second-order valence-corrected chi connectivity index (χ2v) is 7.20. The Morgan fingerprint density at radius 3 is 2.42 bits per heavy atom. The lowest BCUT2D eigenvalue weighted by Crippen LogP contribution is -2.45. The van der Waals surface area contributed by atoms with Crippen LogP contribution in [0.1, 0.15) is 59.6 Å². The standard InChI is InChI=1S/C22H24N2O2/c25-21(23-15-16-9-3-1-4-10-16)20-18-13-7-8-14-19(18)22(26)24(20)17-11-5-2-6-12-17/h1,3-4,7-10,13-14,17,20H,2,5-6,11-12,15H2,(H,23,25). The average Bonchev–Trinajstić information content (AvgIpc) is 3.00. The van der Waals surface area contributed by atoms with Gasteiger partial charge in [0, 0.05) is 18.2 Å². The molecule has 26 heavy (non-hydrogen) atoms. The molecule has 2 aliphatic rings. The maximum absolute atomic E-state index is 13.1. The summed E-state index contributed by atoms with van der Waals surface area (Å²) in [6.07, 6.45) is 5.45. The van der Waals surface area contributed by atoms with Crippen molar-refractivity contribution in [3.63, 3.8) is 0 Å². The van der Waals surface area contributed by atoms with E-state index in [2.05, 4.69) is 5.32 Å². The largest absolute Gasteiger partial charge is 0.350 e. The zero-order valence-electron chi connectivity index (χ0n) is 14.9. The Balaban J connectivity index is 1.59. The van der Waals surface area contributed by atoms with E-state index in [1.165, 1.54) is 6.42 Å². The predicted octanol–water partition coefficient (Wildman–Crippen LogP) is 3.83. The SMILES string of the molecule is O=C(NCc1ccccc1)C1c2ccccc2C(=O)N1C1CCCCC1. The third kappa shape index (κ3) is 3.12. The van der Waals surface area contributed by atoms with Crippen molar-refractivity contribution in [3.8, 4) is 0 Å². The molecule has 1 atom stereocenters. The summed E-state index contributed by atoms with van der Waals surface area (Å²) in [5.41, 5.74) is 2.58. The number of hydrogen-bond donors (Lipinski definition) is 1. The number of fused-ring (bicyclic) bond motifs is 1. The number of nitrogens with zero attached hydrogens (tertiary/aromatic N) is 1. The highest BCUT2D eigenvalue weighted by Gasteiger charge is 2.44. The number of nitrogens with one attached hydrogen (secondary N) is 1. The molecule has 0 saturated heterocycles. The van der Waals surface area contributed by atoms with Crippen LogP contribution in [0.2, 0.25) is 0 Å². The molecule has 0 aromatic heterocycles. The molecule has 4 rings (SSSR count). The van der Waals surface area contributed by atoms with Gasteiger partial charge in [-0.15, -0.1) is 0 Å². The van der Waals surface area contributed by atoms with Crippen molar-refractivity contribution in [2.24, 2.45) is 0 Å². The Morgan fingerprint density at radius 2 is 1.65 bits per heavy atom. The molecule has 4 heteroatoms. The smallest absolute Gasteiger partial charge is 0.255 e. The molecule has 1 fully saturated rings. The molecule has 1 heterocycles. The Bertz CT molecular complexity index is 797. The average molecular weight is 348 g/mol. The summed E-state index contributed by atoms with van der Waals surface area (Å²) >= 11 is 0. The normalized spacial score (nSPS) is 20.1. The van der Waals surface area contributed by atoms with E-state index in [1.54, 1.807) is 0 Å². The maximum atomic E-state index is 13.1. The zero-order chi connectivity index (χ0) is 17.9. The van der Waals surface area contributed by atoms with Crippen LogP contribution in [0.15, 0.2) is 54.6 Å². The minimum atomic E-state index is -0.509. The minimum absolute atomic E-state index is 0.00682. The van der Waals surface area contributed by atoms with E-state index < -0.39 is 6.04 Å². The fourth-order valence-electron chi connectivity index (χ4n) is 4.22. The van der Waals surface area contributed by atoms with Gasteiger partial charge in [-0.2, -0.15) is 0 Å². The molecule has 1 saturated carbocycles. The number of rotatable bonds is 4. The van der Waals surface area contributed by atoms with Crippen LogP contribution in [0.4, 0.5) is 0 Å². The molecular weight excluding hydrogens is 324 g/mol. The third-order valence-corrected chi connectivity index (χ3v) is 5.52. The summed E-state index contributed by atoms with van der Waals surface area (Å²) in [7, 11) is 0. The van der Waals surface area contributed by atoms with E-state index in [0.29, 0.717) is 12.1 Å². The van der Waals surface area contributed by atoms with Crippen molar-refractivity contribution in [3.05, 3.63) is 71.3 Å². The van der Waals surface area contributed by atoms with Crippen molar-refractivity contribution in [1.29, 1.82) is 0 Å². The number of hydrogen-bond acceptors (Lipinski definition) is 2. The molecule has 1 unspecified atom stereocenters. The van der Waals surface area contributed by atoms with Crippen LogP contribution < -0.4 is 5.32 Å². The van der Waals surface area contributed by atoms with Crippen LogP contribution in [0.3, 0.4) is 0 Å². The fraction of sp³-hybridized carbons (Fsp3) is 0.364. The molecule has 1 aliphatic heterocycles. The molecular formula is C22H24N2O2. The summed E-state index contributed by atoms with van der Waals surface area (Å²) in [5, 5.41) is 3.04. The quantitative estimate of drug-likeness (QED) is 0.913. The Hall–Kier alpha value is -2.62. The summed E-state index contributed by atoms with van der Waals surface area (Å²) < 4.78 is 0. The fourth-order valence-corrected chi connectivity index (χ4v) is 4.22. The monoisotopic (exact) mass is 348 g/mol. The lowest BCUT2D eigenvalue weighted by Gasteiger charge is -2.35. The Kier molecular flexibility index (Phi) is 4.74. The summed E-state index contributed by atoms with van der Waals surface area (Å²) in [6.45, 7) is 0.477. The van der Waals surface area contributed by atoms with Crippen LogP contribution in [0.25, 0.3) is 0 Å². The van der Waals surface area contributed by atoms with Gasteiger partial charge in [-0.3, -0.25) is 9.59 Å². The molecule has 2 aromatic carbocycles. The van der Waals surface area contributed by atoms with Crippen LogP contribution in [0.5, 0.6) is 0 Å². The van der Waals surface area contributed by atoms with Gasteiger partial charge in [-0.05, 0) is 30.0 Å². The predicted molar refractivity (Wildman–Crippen MR) is 101 cm³/mol. The molecule has 4 nitrogen and oxygen atoms in total. The van der Waals surface area contributed by atoms with E-state index in [4.69, 9.17) is 0 Å². The van der Waals surface area contributed by atoms with E-state index in [1.807, 2.05) is 59.5 Å².